The highest BCUT2D eigenvalue weighted by molar-refractivity contribution is 5.04. The Balaban J connectivity index is 0.000001000. The summed E-state index contributed by atoms with van der Waals surface area (Å²) in [7, 11) is 0. The summed E-state index contributed by atoms with van der Waals surface area (Å²) in [5, 5.41) is 0. The van der Waals surface area contributed by atoms with E-state index in [0.717, 1.165) is 11.8 Å². The second kappa shape index (κ2) is 3.96. The molecule has 4 aliphatic rings. The summed E-state index contributed by atoms with van der Waals surface area (Å²) in [4.78, 5) is 0. The lowest BCUT2D eigenvalue weighted by Gasteiger charge is -2.58. The molecule has 1 aromatic heterocycles. The summed E-state index contributed by atoms with van der Waals surface area (Å²) in [6.07, 6.45) is 13.4. The van der Waals surface area contributed by atoms with E-state index in [0.29, 0.717) is 11.0 Å². The third kappa shape index (κ3) is 1.71. The van der Waals surface area contributed by atoms with Crippen LogP contribution in [0.15, 0.2) is 30.6 Å². The standard InChI is InChI=1S/C16H22N.ClH/c1-15-8-13-7-14(9-15)11-16(10-13,12-15)17-5-3-2-4-6-17;/h2-6,13-14H,7-12H2,1H3;1H/q+1;/p-1. The van der Waals surface area contributed by atoms with Gasteiger partial charge in [0, 0.05) is 31.4 Å². The zero-order chi connectivity index (χ0) is 11.5. The Hall–Kier alpha value is -0.560. The maximum absolute atomic E-state index is 2.54. The van der Waals surface area contributed by atoms with Crippen LogP contribution < -0.4 is 17.0 Å². The Labute approximate surface area is 116 Å². The second-order valence-corrected chi connectivity index (χ2v) is 7.28. The van der Waals surface area contributed by atoms with Gasteiger partial charge in [-0.25, -0.2) is 0 Å². The minimum atomic E-state index is 0. The summed E-state index contributed by atoms with van der Waals surface area (Å²) in [5.74, 6) is 2.02. The van der Waals surface area contributed by atoms with Crippen molar-refractivity contribution in [3.63, 3.8) is 0 Å². The average Bonchev–Trinajstić information content (AvgIpc) is 2.27. The molecule has 0 aromatic carbocycles. The Bertz CT molecular complexity index is 428. The van der Waals surface area contributed by atoms with Crippen molar-refractivity contribution in [1.29, 1.82) is 0 Å². The molecule has 4 fully saturated rings. The van der Waals surface area contributed by atoms with Crippen LogP contribution in [0.25, 0.3) is 0 Å². The zero-order valence-electron chi connectivity index (χ0n) is 11.1. The monoisotopic (exact) mass is 263 g/mol. The van der Waals surface area contributed by atoms with Crippen LogP contribution in [0.3, 0.4) is 0 Å². The van der Waals surface area contributed by atoms with Gasteiger partial charge in [-0.1, -0.05) is 13.0 Å². The number of nitrogens with zero attached hydrogens (tertiary/aromatic N) is 1. The van der Waals surface area contributed by atoms with Crippen LogP contribution in [-0.4, -0.2) is 0 Å². The van der Waals surface area contributed by atoms with Crippen molar-refractivity contribution < 1.29 is 17.0 Å². The molecule has 98 valence electrons. The first-order valence-electron chi connectivity index (χ1n) is 7.14. The molecule has 4 aliphatic carbocycles. The van der Waals surface area contributed by atoms with Crippen LogP contribution >= 0.6 is 0 Å². The van der Waals surface area contributed by atoms with Crippen LogP contribution in [0.2, 0.25) is 0 Å². The van der Waals surface area contributed by atoms with Gasteiger partial charge < -0.3 is 12.4 Å². The number of halogens is 1. The summed E-state index contributed by atoms with van der Waals surface area (Å²) in [5.41, 5.74) is 1.12. The van der Waals surface area contributed by atoms with Crippen molar-refractivity contribution in [2.45, 2.75) is 51.0 Å². The minimum absolute atomic E-state index is 0. The topological polar surface area (TPSA) is 3.88 Å². The third-order valence-corrected chi connectivity index (χ3v) is 5.59. The van der Waals surface area contributed by atoms with Crippen molar-refractivity contribution in [3.8, 4) is 0 Å². The maximum atomic E-state index is 2.54. The fourth-order valence-electron chi connectivity index (χ4n) is 5.68. The lowest BCUT2D eigenvalue weighted by molar-refractivity contribution is -0.778. The second-order valence-electron chi connectivity index (χ2n) is 7.28. The summed E-state index contributed by atoms with van der Waals surface area (Å²) in [6, 6.07) is 6.53. The van der Waals surface area contributed by atoms with E-state index >= 15 is 0 Å². The third-order valence-electron chi connectivity index (χ3n) is 5.59. The molecule has 4 saturated carbocycles. The van der Waals surface area contributed by atoms with Crippen molar-refractivity contribution in [3.05, 3.63) is 30.6 Å². The largest absolute Gasteiger partial charge is 1.00 e. The van der Waals surface area contributed by atoms with Gasteiger partial charge in [0.1, 0.15) is 0 Å². The predicted molar refractivity (Wildman–Crippen MR) is 67.4 cm³/mol. The van der Waals surface area contributed by atoms with E-state index in [1.54, 1.807) is 0 Å². The van der Waals surface area contributed by atoms with E-state index in [1.165, 1.54) is 38.5 Å². The first-order valence-corrected chi connectivity index (χ1v) is 7.14. The predicted octanol–water partition coefficient (Wildman–Crippen LogP) is 0.294. The quantitative estimate of drug-likeness (QED) is 0.642. The summed E-state index contributed by atoms with van der Waals surface area (Å²) < 4.78 is 2.54. The van der Waals surface area contributed by atoms with Gasteiger partial charge in [-0.15, -0.1) is 0 Å². The highest BCUT2D eigenvalue weighted by Gasteiger charge is 2.60. The zero-order valence-corrected chi connectivity index (χ0v) is 11.9. The van der Waals surface area contributed by atoms with Crippen LogP contribution in [0, 0.1) is 17.3 Å². The van der Waals surface area contributed by atoms with Crippen LogP contribution in [0.1, 0.15) is 45.4 Å². The number of hydrogen-bond acceptors (Lipinski definition) is 0. The number of rotatable bonds is 1. The lowest BCUT2D eigenvalue weighted by atomic mass is 9.47. The van der Waals surface area contributed by atoms with Gasteiger partial charge in [0.15, 0.2) is 17.9 Å². The lowest BCUT2D eigenvalue weighted by Crippen LogP contribution is -3.00. The molecule has 2 heteroatoms. The summed E-state index contributed by atoms with van der Waals surface area (Å²) in [6.45, 7) is 2.54. The number of hydrogen-bond donors (Lipinski definition) is 0. The molecular formula is C16H22ClN. The molecule has 5 rings (SSSR count). The van der Waals surface area contributed by atoms with Gasteiger partial charge in [0.05, 0.1) is 0 Å². The van der Waals surface area contributed by atoms with Crippen molar-refractivity contribution in [2.75, 3.05) is 0 Å². The SMILES string of the molecule is CC12CC3CC(C1)CC([n+]1ccccc1)(C3)C2.[Cl-]. The fourth-order valence-corrected chi connectivity index (χ4v) is 5.68. The van der Waals surface area contributed by atoms with E-state index in [9.17, 15) is 0 Å². The van der Waals surface area contributed by atoms with E-state index in [1.807, 2.05) is 0 Å². The van der Waals surface area contributed by atoms with E-state index in [-0.39, 0.29) is 12.4 Å². The normalized spacial score (nSPS) is 44.7. The van der Waals surface area contributed by atoms with E-state index in [2.05, 4.69) is 42.1 Å². The van der Waals surface area contributed by atoms with Crippen molar-refractivity contribution >= 4 is 0 Å². The average molecular weight is 264 g/mol. The molecule has 0 spiro atoms. The minimum Gasteiger partial charge on any atom is -1.00 e. The molecule has 2 atom stereocenters. The van der Waals surface area contributed by atoms with Crippen LogP contribution in [-0.2, 0) is 5.54 Å². The highest BCUT2D eigenvalue weighted by atomic mass is 35.5. The molecule has 1 heterocycles. The van der Waals surface area contributed by atoms with Gasteiger partial charge >= 0.3 is 0 Å². The molecule has 0 amide bonds. The van der Waals surface area contributed by atoms with Crippen molar-refractivity contribution in [1.82, 2.24) is 0 Å². The molecule has 0 saturated heterocycles. The molecule has 4 bridgehead atoms. The van der Waals surface area contributed by atoms with Crippen LogP contribution in [0.5, 0.6) is 0 Å². The number of aromatic nitrogens is 1. The molecule has 1 aromatic rings. The molecule has 0 radical (unpaired) electrons. The van der Waals surface area contributed by atoms with Gasteiger partial charge in [-0.3, -0.25) is 0 Å². The fraction of sp³-hybridized carbons (Fsp3) is 0.688. The highest BCUT2D eigenvalue weighted by Crippen LogP contribution is 2.62. The Morgan fingerprint density at radius 3 is 2.11 bits per heavy atom. The molecule has 0 N–H and O–H groups in total. The Morgan fingerprint density at radius 2 is 1.56 bits per heavy atom. The first-order chi connectivity index (χ1) is 8.18. The van der Waals surface area contributed by atoms with Crippen LogP contribution in [0.4, 0.5) is 0 Å². The van der Waals surface area contributed by atoms with Gasteiger partial charge in [0.2, 0.25) is 0 Å². The number of pyridine rings is 1. The van der Waals surface area contributed by atoms with E-state index < -0.39 is 0 Å². The van der Waals surface area contributed by atoms with E-state index in [4.69, 9.17) is 0 Å². The summed E-state index contributed by atoms with van der Waals surface area (Å²) >= 11 is 0. The molecule has 18 heavy (non-hydrogen) atoms. The molecular weight excluding hydrogens is 242 g/mol. The molecule has 2 unspecified atom stereocenters. The Kier molecular flexibility index (Phi) is 2.75. The molecule has 0 aliphatic heterocycles. The molecule has 1 nitrogen and oxygen atoms in total. The van der Waals surface area contributed by atoms with Gasteiger partial charge in [0.25, 0.3) is 0 Å². The first kappa shape index (κ1) is 12.5. The van der Waals surface area contributed by atoms with Gasteiger partial charge in [-0.05, 0) is 36.5 Å². The smallest absolute Gasteiger partial charge is 0.169 e. The maximum Gasteiger partial charge on any atom is 0.169 e. The van der Waals surface area contributed by atoms with Gasteiger partial charge in [-0.2, -0.15) is 4.57 Å². The Morgan fingerprint density at radius 1 is 0.944 bits per heavy atom. The van der Waals surface area contributed by atoms with Crippen molar-refractivity contribution in [2.24, 2.45) is 17.3 Å².